The fraction of sp³-hybridized carbons (Fsp3) is 0.0164. The van der Waals surface area contributed by atoms with Crippen molar-refractivity contribution < 1.29 is 4.42 Å². The van der Waals surface area contributed by atoms with Crippen molar-refractivity contribution in [2.45, 2.75) is 5.41 Å². The lowest BCUT2D eigenvalue weighted by molar-refractivity contribution is 0.673. The van der Waals surface area contributed by atoms with Crippen LogP contribution in [0.5, 0.6) is 0 Å². The Morgan fingerprint density at radius 2 is 0.922 bits per heavy atom. The Hall–Kier alpha value is -8.40. The summed E-state index contributed by atoms with van der Waals surface area (Å²) in [7, 11) is 0. The maximum atomic E-state index is 7.23. The summed E-state index contributed by atoms with van der Waals surface area (Å²) in [5.74, 6) is 0. The average molecular weight is 815 g/mol. The van der Waals surface area contributed by atoms with Gasteiger partial charge in [0, 0.05) is 33.2 Å². The predicted octanol–water partition coefficient (Wildman–Crippen LogP) is 16.2. The minimum atomic E-state index is -0.404. The molecule has 0 unspecified atom stereocenters. The van der Waals surface area contributed by atoms with Gasteiger partial charge in [-0.15, -0.1) is 0 Å². The molecule has 12 aromatic rings. The number of hydrogen-bond acceptors (Lipinski definition) is 2. The molecule has 2 aliphatic rings. The van der Waals surface area contributed by atoms with Crippen LogP contribution in [-0.4, -0.2) is 4.57 Å². The van der Waals surface area contributed by atoms with E-state index in [-0.39, 0.29) is 0 Å². The largest absolute Gasteiger partial charge is 0.453 e. The van der Waals surface area contributed by atoms with Gasteiger partial charge in [-0.1, -0.05) is 164 Å². The Morgan fingerprint density at radius 1 is 0.359 bits per heavy atom. The summed E-state index contributed by atoms with van der Waals surface area (Å²) >= 11 is 0. The predicted molar refractivity (Wildman–Crippen MR) is 264 cm³/mol. The summed E-state index contributed by atoms with van der Waals surface area (Å²) in [6, 6.07) is 84.2. The van der Waals surface area contributed by atoms with Crippen LogP contribution < -0.4 is 4.90 Å². The van der Waals surface area contributed by atoms with Gasteiger partial charge in [-0.25, -0.2) is 0 Å². The Morgan fingerprint density at radius 3 is 1.66 bits per heavy atom. The molecule has 0 amide bonds. The Labute approximate surface area is 370 Å². The molecule has 0 bridgehead atoms. The van der Waals surface area contributed by atoms with E-state index < -0.39 is 5.41 Å². The van der Waals surface area contributed by atoms with E-state index in [0.29, 0.717) is 0 Å². The highest BCUT2D eigenvalue weighted by atomic mass is 16.3. The van der Waals surface area contributed by atoms with Crippen molar-refractivity contribution in [2.75, 3.05) is 4.90 Å². The molecule has 0 aliphatic heterocycles. The molecule has 64 heavy (non-hydrogen) atoms. The van der Waals surface area contributed by atoms with Gasteiger partial charge in [0.15, 0.2) is 5.58 Å². The Balaban J connectivity index is 0.963. The molecule has 0 atom stereocenters. The van der Waals surface area contributed by atoms with Gasteiger partial charge in [0.2, 0.25) is 0 Å². The van der Waals surface area contributed by atoms with E-state index in [1.807, 2.05) is 0 Å². The number of aromatic nitrogens is 1. The average Bonchev–Trinajstić information content (AvgIpc) is 4.09. The van der Waals surface area contributed by atoms with Crippen LogP contribution >= 0.6 is 0 Å². The molecule has 0 saturated carbocycles. The lowest BCUT2D eigenvalue weighted by atomic mass is 9.70. The van der Waals surface area contributed by atoms with Crippen LogP contribution in [0.25, 0.3) is 82.8 Å². The van der Waals surface area contributed by atoms with Crippen molar-refractivity contribution in [3.63, 3.8) is 0 Å². The van der Waals surface area contributed by atoms with E-state index in [4.69, 9.17) is 4.42 Å². The van der Waals surface area contributed by atoms with E-state index in [1.165, 1.54) is 55.5 Å². The van der Waals surface area contributed by atoms with Gasteiger partial charge in [0.1, 0.15) is 5.58 Å². The second-order valence-electron chi connectivity index (χ2n) is 17.1. The molecule has 0 saturated heterocycles. The number of furan rings is 1. The number of nitrogens with zero attached hydrogens (tertiary/aromatic N) is 2. The van der Waals surface area contributed by atoms with E-state index in [0.717, 1.165) is 66.7 Å². The smallest absolute Gasteiger partial charge is 0.159 e. The van der Waals surface area contributed by atoms with Crippen LogP contribution in [0.1, 0.15) is 22.3 Å². The number of fused-ring (bicyclic) bond motifs is 17. The van der Waals surface area contributed by atoms with Crippen LogP contribution in [0.15, 0.2) is 235 Å². The highest BCUT2D eigenvalue weighted by molar-refractivity contribution is 6.25. The van der Waals surface area contributed by atoms with Crippen LogP contribution in [0.2, 0.25) is 0 Å². The first-order valence-electron chi connectivity index (χ1n) is 22.1. The summed E-state index contributed by atoms with van der Waals surface area (Å²) in [5.41, 5.74) is 20.8. The molecule has 2 heterocycles. The molecular weight excluding hydrogens is 777 g/mol. The summed E-state index contributed by atoms with van der Waals surface area (Å²) in [5, 5.41) is 4.48. The summed E-state index contributed by atoms with van der Waals surface area (Å²) in [4.78, 5) is 2.35. The van der Waals surface area contributed by atoms with E-state index >= 15 is 0 Å². The molecule has 14 rings (SSSR count). The molecule has 2 aliphatic carbocycles. The minimum Gasteiger partial charge on any atom is -0.453 e. The maximum Gasteiger partial charge on any atom is 0.159 e. The summed E-state index contributed by atoms with van der Waals surface area (Å²) < 4.78 is 9.58. The first-order chi connectivity index (χ1) is 31.8. The van der Waals surface area contributed by atoms with E-state index in [2.05, 4.69) is 240 Å². The van der Waals surface area contributed by atoms with Crippen molar-refractivity contribution in [3.8, 4) is 39.1 Å². The number of para-hydroxylation sites is 4. The number of benzene rings is 10. The fourth-order valence-corrected chi connectivity index (χ4v) is 11.4. The summed E-state index contributed by atoms with van der Waals surface area (Å²) in [6.45, 7) is 0. The second-order valence-corrected chi connectivity index (χ2v) is 17.1. The Bertz CT molecular complexity index is 3790. The van der Waals surface area contributed by atoms with E-state index in [9.17, 15) is 0 Å². The molecule has 3 nitrogen and oxygen atoms in total. The van der Waals surface area contributed by atoms with Crippen LogP contribution in [0.3, 0.4) is 0 Å². The zero-order valence-corrected chi connectivity index (χ0v) is 34.7. The highest BCUT2D eigenvalue weighted by Gasteiger charge is 2.51. The monoisotopic (exact) mass is 814 g/mol. The second kappa shape index (κ2) is 13.3. The van der Waals surface area contributed by atoms with E-state index in [1.54, 1.807) is 0 Å². The van der Waals surface area contributed by atoms with Crippen LogP contribution in [0, 0.1) is 0 Å². The van der Waals surface area contributed by atoms with Gasteiger partial charge >= 0.3 is 0 Å². The highest BCUT2D eigenvalue weighted by Crippen LogP contribution is 2.63. The zero-order valence-electron chi connectivity index (χ0n) is 34.7. The molecule has 298 valence electrons. The van der Waals surface area contributed by atoms with Crippen molar-refractivity contribution >= 4 is 60.8 Å². The quantitative estimate of drug-likeness (QED) is 0.173. The van der Waals surface area contributed by atoms with Gasteiger partial charge in [0.05, 0.1) is 27.5 Å². The molecule has 3 heteroatoms. The molecule has 10 aromatic carbocycles. The zero-order chi connectivity index (χ0) is 41.9. The summed E-state index contributed by atoms with van der Waals surface area (Å²) in [6.07, 6.45) is 0. The number of anilines is 3. The lowest BCUT2D eigenvalue weighted by Gasteiger charge is -2.30. The third-order valence-corrected chi connectivity index (χ3v) is 14.0. The van der Waals surface area contributed by atoms with Crippen molar-refractivity contribution in [1.29, 1.82) is 0 Å². The Kier molecular flexibility index (Phi) is 7.32. The minimum absolute atomic E-state index is 0.404. The topological polar surface area (TPSA) is 21.3 Å². The maximum absolute atomic E-state index is 7.23. The molecular formula is C61H38N2O. The van der Waals surface area contributed by atoms with Gasteiger partial charge < -0.3 is 13.9 Å². The first-order valence-corrected chi connectivity index (χ1v) is 22.1. The molecule has 0 N–H and O–H groups in total. The van der Waals surface area contributed by atoms with Gasteiger partial charge in [-0.3, -0.25) is 0 Å². The molecule has 2 aromatic heterocycles. The van der Waals surface area contributed by atoms with Crippen molar-refractivity contribution in [3.05, 3.63) is 253 Å². The van der Waals surface area contributed by atoms with Gasteiger partial charge in [-0.05, 0) is 122 Å². The third-order valence-electron chi connectivity index (χ3n) is 14.0. The van der Waals surface area contributed by atoms with Crippen LogP contribution in [0.4, 0.5) is 17.1 Å². The van der Waals surface area contributed by atoms with Gasteiger partial charge in [0.25, 0.3) is 0 Å². The molecule has 0 fully saturated rings. The van der Waals surface area contributed by atoms with Crippen molar-refractivity contribution in [1.82, 2.24) is 4.57 Å². The first kappa shape index (κ1) is 35.2. The third kappa shape index (κ3) is 4.70. The van der Waals surface area contributed by atoms with Crippen molar-refractivity contribution in [2.24, 2.45) is 0 Å². The SMILES string of the molecule is c1ccc(N(c2cccc(-c3ccc4c(c3)C3(c5ccccc5-c5ccccc53)c3ccccc3-4)c2)c2cccc3c2oc2c3ccc3c2c2ccccc2n3-c2ccccc2)cc1. The normalized spacial score (nSPS) is 13.1. The lowest BCUT2D eigenvalue weighted by Crippen LogP contribution is -2.25. The molecule has 0 radical (unpaired) electrons. The number of rotatable bonds is 5. The standard InChI is InChI=1S/C61H38N2O/c1-3-18-41(19-4-1)62(57-32-16-27-48-49-35-36-56-58(60(49)64-59(48)57)50-26-10-14-31-55(50)63(56)42-20-5-2-6-21-42)43-22-15-17-39(37-43)40-33-34-47-46-25-9-13-30-53(46)61(54(47)38-40)51-28-11-7-23-44(51)45-24-8-12-29-52(45)61/h1-38H. The number of hydrogen-bond donors (Lipinski definition) is 0. The van der Waals surface area contributed by atoms with Gasteiger partial charge in [-0.2, -0.15) is 0 Å². The molecule has 1 spiro atoms. The van der Waals surface area contributed by atoms with Crippen LogP contribution in [-0.2, 0) is 5.41 Å². The fourth-order valence-electron chi connectivity index (χ4n) is 11.4.